The van der Waals surface area contributed by atoms with Gasteiger partial charge in [0.15, 0.2) is 0 Å². The van der Waals surface area contributed by atoms with Gasteiger partial charge in [-0.15, -0.1) is 11.6 Å². The van der Waals surface area contributed by atoms with E-state index in [-0.39, 0.29) is 28.6 Å². The fraction of sp³-hybridized carbons (Fsp3) is 0.364. The number of carbonyl (C=O) groups is 1. The Balaban J connectivity index is 2.79. The summed E-state index contributed by atoms with van der Waals surface area (Å²) in [7, 11) is 1.51. The standard InChI is InChI=1S/C11H12BrClFNO2/c1-17-6-7(5-13)15-11(16)8-3-2-4-9(12)10(8)14/h2-4,7H,5-6H2,1H3,(H,15,16). The van der Waals surface area contributed by atoms with E-state index in [4.69, 9.17) is 16.3 Å². The SMILES string of the molecule is COCC(CCl)NC(=O)c1cccc(Br)c1F. The second kappa shape index (κ2) is 6.93. The molecular weight excluding hydrogens is 312 g/mol. The molecule has 0 aliphatic carbocycles. The highest BCUT2D eigenvalue weighted by Gasteiger charge is 2.17. The van der Waals surface area contributed by atoms with Crippen LogP contribution in [0.1, 0.15) is 10.4 Å². The molecule has 1 N–H and O–H groups in total. The average Bonchev–Trinajstić information content (AvgIpc) is 2.31. The van der Waals surface area contributed by atoms with Crippen molar-refractivity contribution in [3.63, 3.8) is 0 Å². The molecule has 1 amide bonds. The van der Waals surface area contributed by atoms with Crippen molar-refractivity contribution >= 4 is 33.4 Å². The molecule has 0 saturated heterocycles. The molecule has 0 aliphatic rings. The molecule has 1 rings (SSSR count). The molecule has 1 aromatic carbocycles. The predicted molar refractivity (Wildman–Crippen MR) is 68.0 cm³/mol. The highest BCUT2D eigenvalue weighted by atomic mass is 79.9. The van der Waals surface area contributed by atoms with E-state index in [0.29, 0.717) is 0 Å². The molecule has 0 spiro atoms. The maximum atomic E-state index is 13.6. The number of alkyl halides is 1. The van der Waals surface area contributed by atoms with E-state index in [1.807, 2.05) is 0 Å². The van der Waals surface area contributed by atoms with Crippen LogP contribution < -0.4 is 5.32 Å². The van der Waals surface area contributed by atoms with E-state index in [1.165, 1.54) is 19.2 Å². The van der Waals surface area contributed by atoms with Gasteiger partial charge < -0.3 is 10.1 Å². The van der Waals surface area contributed by atoms with Gasteiger partial charge in [-0.1, -0.05) is 6.07 Å². The number of amides is 1. The van der Waals surface area contributed by atoms with Gasteiger partial charge in [0.05, 0.1) is 22.7 Å². The monoisotopic (exact) mass is 323 g/mol. The van der Waals surface area contributed by atoms with Crippen molar-refractivity contribution in [3.05, 3.63) is 34.1 Å². The highest BCUT2D eigenvalue weighted by Crippen LogP contribution is 2.18. The summed E-state index contributed by atoms with van der Waals surface area (Å²) in [5.41, 5.74) is -0.0226. The fourth-order valence-corrected chi connectivity index (χ4v) is 1.80. The number of hydrogen-bond donors (Lipinski definition) is 1. The normalized spacial score (nSPS) is 12.2. The molecule has 0 radical (unpaired) electrons. The van der Waals surface area contributed by atoms with Crippen LogP contribution in [0.3, 0.4) is 0 Å². The van der Waals surface area contributed by atoms with Crippen molar-refractivity contribution in [3.8, 4) is 0 Å². The number of rotatable bonds is 5. The smallest absolute Gasteiger partial charge is 0.254 e. The van der Waals surface area contributed by atoms with Crippen LogP contribution in [0.4, 0.5) is 4.39 Å². The Bertz CT molecular complexity index is 403. The van der Waals surface area contributed by atoms with Gasteiger partial charge in [0, 0.05) is 13.0 Å². The fourth-order valence-electron chi connectivity index (χ4n) is 1.27. The van der Waals surface area contributed by atoms with Crippen molar-refractivity contribution in [2.24, 2.45) is 0 Å². The Morgan fingerprint density at radius 1 is 1.65 bits per heavy atom. The number of nitrogens with one attached hydrogen (secondary N) is 1. The van der Waals surface area contributed by atoms with E-state index in [0.717, 1.165) is 0 Å². The quantitative estimate of drug-likeness (QED) is 0.846. The zero-order chi connectivity index (χ0) is 12.8. The maximum Gasteiger partial charge on any atom is 0.254 e. The van der Waals surface area contributed by atoms with E-state index < -0.39 is 11.7 Å². The van der Waals surface area contributed by atoms with E-state index >= 15 is 0 Å². The molecule has 0 aliphatic heterocycles. The number of ether oxygens (including phenoxy) is 1. The van der Waals surface area contributed by atoms with Gasteiger partial charge in [0.25, 0.3) is 5.91 Å². The summed E-state index contributed by atoms with van der Waals surface area (Å²) in [5.74, 6) is -0.892. The van der Waals surface area contributed by atoms with E-state index in [9.17, 15) is 9.18 Å². The number of hydrogen-bond acceptors (Lipinski definition) is 2. The molecule has 0 aromatic heterocycles. The summed E-state index contributed by atoms with van der Waals surface area (Å²) in [6.07, 6.45) is 0. The van der Waals surface area contributed by atoms with Crippen molar-refractivity contribution in [1.29, 1.82) is 0 Å². The zero-order valence-corrected chi connectivity index (χ0v) is 11.5. The Kier molecular flexibility index (Phi) is 5.88. The Labute approximate surface area is 112 Å². The first-order valence-electron chi connectivity index (χ1n) is 4.90. The number of methoxy groups -OCH3 is 1. The second-order valence-corrected chi connectivity index (χ2v) is 4.54. The van der Waals surface area contributed by atoms with Crippen molar-refractivity contribution < 1.29 is 13.9 Å². The number of halogens is 3. The van der Waals surface area contributed by atoms with Gasteiger partial charge in [-0.25, -0.2) is 4.39 Å². The summed E-state index contributed by atoms with van der Waals surface area (Å²) in [6.45, 7) is 0.283. The molecule has 1 unspecified atom stereocenters. The third-order valence-corrected chi connectivity index (χ3v) is 3.07. The third kappa shape index (κ3) is 3.94. The molecule has 1 aromatic rings. The largest absolute Gasteiger partial charge is 0.383 e. The van der Waals surface area contributed by atoms with Crippen molar-refractivity contribution in [2.75, 3.05) is 19.6 Å². The topological polar surface area (TPSA) is 38.3 Å². The summed E-state index contributed by atoms with van der Waals surface area (Å²) >= 11 is 8.67. The molecule has 0 bridgehead atoms. The molecular formula is C11H12BrClFNO2. The molecule has 0 fully saturated rings. The van der Waals surface area contributed by atoms with Crippen LogP contribution in [0, 0.1) is 5.82 Å². The lowest BCUT2D eigenvalue weighted by Crippen LogP contribution is -2.39. The van der Waals surface area contributed by atoms with Gasteiger partial charge >= 0.3 is 0 Å². The minimum Gasteiger partial charge on any atom is -0.383 e. The molecule has 17 heavy (non-hydrogen) atoms. The highest BCUT2D eigenvalue weighted by molar-refractivity contribution is 9.10. The lowest BCUT2D eigenvalue weighted by molar-refractivity contribution is 0.0902. The first kappa shape index (κ1) is 14.4. The molecule has 6 heteroatoms. The summed E-state index contributed by atoms with van der Waals surface area (Å²) in [6, 6.07) is 4.19. The Morgan fingerprint density at radius 2 is 2.35 bits per heavy atom. The molecule has 0 heterocycles. The zero-order valence-electron chi connectivity index (χ0n) is 9.17. The van der Waals surface area contributed by atoms with Gasteiger partial charge in [0.1, 0.15) is 5.82 Å². The van der Waals surface area contributed by atoms with Crippen LogP contribution in [0.25, 0.3) is 0 Å². The van der Waals surface area contributed by atoms with Gasteiger partial charge in [-0.05, 0) is 28.1 Å². The lowest BCUT2D eigenvalue weighted by Gasteiger charge is -2.15. The minimum atomic E-state index is -0.587. The van der Waals surface area contributed by atoms with Crippen LogP contribution in [-0.2, 0) is 4.74 Å². The molecule has 3 nitrogen and oxygen atoms in total. The van der Waals surface area contributed by atoms with Crippen molar-refractivity contribution in [1.82, 2.24) is 5.32 Å². The van der Waals surface area contributed by atoms with Gasteiger partial charge in [0.2, 0.25) is 0 Å². The van der Waals surface area contributed by atoms with Crippen LogP contribution in [0.5, 0.6) is 0 Å². The summed E-state index contributed by atoms with van der Waals surface area (Å²) < 4.78 is 18.8. The Morgan fingerprint density at radius 3 is 2.94 bits per heavy atom. The van der Waals surface area contributed by atoms with Crippen LogP contribution in [0.15, 0.2) is 22.7 Å². The average molecular weight is 325 g/mol. The van der Waals surface area contributed by atoms with E-state index in [1.54, 1.807) is 6.07 Å². The van der Waals surface area contributed by atoms with Crippen molar-refractivity contribution in [2.45, 2.75) is 6.04 Å². The van der Waals surface area contributed by atoms with Crippen LogP contribution >= 0.6 is 27.5 Å². The minimum absolute atomic E-state index is 0.0226. The molecule has 0 saturated carbocycles. The van der Waals surface area contributed by atoms with Gasteiger partial charge in [-0.2, -0.15) is 0 Å². The summed E-state index contributed by atoms with van der Waals surface area (Å²) in [4.78, 5) is 11.8. The number of carbonyl (C=O) groups excluding carboxylic acids is 1. The van der Waals surface area contributed by atoms with Crippen LogP contribution in [-0.4, -0.2) is 31.5 Å². The maximum absolute atomic E-state index is 13.6. The predicted octanol–water partition coefficient (Wildman–Crippen LogP) is 2.57. The second-order valence-electron chi connectivity index (χ2n) is 3.38. The summed E-state index contributed by atoms with van der Waals surface area (Å²) in [5, 5.41) is 2.60. The first-order chi connectivity index (χ1) is 8.10. The Hall–Kier alpha value is -0.650. The van der Waals surface area contributed by atoms with Crippen LogP contribution in [0.2, 0.25) is 0 Å². The van der Waals surface area contributed by atoms with E-state index in [2.05, 4.69) is 21.2 Å². The molecule has 94 valence electrons. The third-order valence-electron chi connectivity index (χ3n) is 2.09. The first-order valence-corrected chi connectivity index (χ1v) is 6.22. The van der Waals surface area contributed by atoms with Gasteiger partial charge in [-0.3, -0.25) is 4.79 Å². The number of benzene rings is 1. The molecule has 1 atom stereocenters. The lowest BCUT2D eigenvalue weighted by atomic mass is 10.2.